The average Bonchev–Trinajstić information content (AvgIpc) is 3.55. The van der Waals surface area contributed by atoms with Gasteiger partial charge in [0.2, 0.25) is 5.95 Å². The molecule has 5 rings (SSSR count). The van der Waals surface area contributed by atoms with Crippen LogP contribution in [-0.4, -0.2) is 111 Å². The summed E-state index contributed by atoms with van der Waals surface area (Å²) in [5.74, 6) is 4.51. The monoisotopic (exact) mass is 617 g/mol. The van der Waals surface area contributed by atoms with Gasteiger partial charge >= 0.3 is 0 Å². The van der Waals surface area contributed by atoms with Crippen molar-refractivity contribution in [2.75, 3.05) is 90.7 Å². The van der Waals surface area contributed by atoms with Gasteiger partial charge in [0, 0.05) is 94.4 Å². The van der Waals surface area contributed by atoms with Gasteiger partial charge in [-0.05, 0) is 45.1 Å². The molecule has 0 atom stereocenters. The summed E-state index contributed by atoms with van der Waals surface area (Å²) in [5, 5.41) is 8.02. The Morgan fingerprint density at radius 1 is 1.00 bits per heavy atom. The van der Waals surface area contributed by atoms with Gasteiger partial charge in [-0.15, -0.1) is 0 Å². The number of aromatic amines is 1. The van der Waals surface area contributed by atoms with Crippen LogP contribution in [0.5, 0.6) is 17.2 Å². The highest BCUT2D eigenvalue weighted by atomic mass is 16.5. The lowest BCUT2D eigenvalue weighted by molar-refractivity contribution is 0.205. The van der Waals surface area contributed by atoms with Crippen LogP contribution in [0.1, 0.15) is 24.2 Å². The largest absolute Gasteiger partial charge is 0.493 e. The van der Waals surface area contributed by atoms with Gasteiger partial charge in [0.25, 0.3) is 0 Å². The number of anilines is 3. The number of ether oxygens (including phenoxy) is 3. The van der Waals surface area contributed by atoms with Gasteiger partial charge in [-0.3, -0.25) is 4.90 Å². The molecule has 0 saturated carbocycles. The van der Waals surface area contributed by atoms with Crippen molar-refractivity contribution in [2.24, 2.45) is 0 Å². The fraction of sp³-hybridized carbons (Fsp3) is 0.485. The summed E-state index contributed by atoms with van der Waals surface area (Å²) in [6.07, 6.45) is 6.30. The van der Waals surface area contributed by atoms with E-state index >= 15 is 0 Å². The number of likely N-dealkylation sites (tertiary alicyclic amines) is 1. The summed E-state index contributed by atoms with van der Waals surface area (Å²) in [5.41, 5.74) is 3.22. The fourth-order valence-corrected chi connectivity index (χ4v) is 5.63. The van der Waals surface area contributed by atoms with E-state index in [2.05, 4.69) is 81.7 Å². The SMILES string of the molecule is COc1cc2nc(NCCc3ncc[nH]3)nc(NC3CCN(Cc4c(OCCN(C)C)cccc4N(C)C)CC3)c2cc1OC. The molecule has 45 heavy (non-hydrogen) atoms. The Balaban J connectivity index is 1.29. The molecule has 3 heterocycles. The van der Waals surface area contributed by atoms with Crippen LogP contribution in [0.3, 0.4) is 0 Å². The number of H-pyrrole nitrogens is 1. The number of aromatic nitrogens is 4. The van der Waals surface area contributed by atoms with E-state index in [0.29, 0.717) is 30.6 Å². The summed E-state index contributed by atoms with van der Waals surface area (Å²) in [7, 11) is 11.6. The first kappa shape index (κ1) is 32.1. The molecule has 1 aliphatic heterocycles. The Morgan fingerprint density at radius 3 is 2.47 bits per heavy atom. The predicted octanol–water partition coefficient (Wildman–Crippen LogP) is 4.11. The molecule has 0 aliphatic carbocycles. The van der Waals surface area contributed by atoms with E-state index < -0.39 is 0 Å². The lowest BCUT2D eigenvalue weighted by atomic mass is 10.0. The first-order chi connectivity index (χ1) is 21.8. The van der Waals surface area contributed by atoms with Gasteiger partial charge in [-0.1, -0.05) is 6.07 Å². The molecule has 0 amide bonds. The van der Waals surface area contributed by atoms with E-state index in [-0.39, 0.29) is 6.04 Å². The quantitative estimate of drug-likeness (QED) is 0.179. The van der Waals surface area contributed by atoms with E-state index in [1.54, 1.807) is 20.4 Å². The molecule has 242 valence electrons. The summed E-state index contributed by atoms with van der Waals surface area (Å²) < 4.78 is 17.4. The van der Waals surface area contributed by atoms with Gasteiger partial charge in [-0.2, -0.15) is 4.98 Å². The number of methoxy groups -OCH3 is 2. The summed E-state index contributed by atoms with van der Waals surface area (Å²) in [4.78, 5) is 24.0. The van der Waals surface area contributed by atoms with Gasteiger partial charge in [0.15, 0.2) is 11.5 Å². The van der Waals surface area contributed by atoms with Crippen LogP contribution in [0.15, 0.2) is 42.7 Å². The minimum absolute atomic E-state index is 0.267. The second kappa shape index (κ2) is 15.1. The van der Waals surface area contributed by atoms with Crippen molar-refractivity contribution in [3.63, 3.8) is 0 Å². The summed E-state index contributed by atoms with van der Waals surface area (Å²) in [6.45, 7) is 4.96. The van der Waals surface area contributed by atoms with E-state index in [1.807, 2.05) is 18.3 Å². The second-order valence-electron chi connectivity index (χ2n) is 11.8. The Labute approximate surface area is 266 Å². The van der Waals surface area contributed by atoms with Crippen LogP contribution in [0.25, 0.3) is 10.9 Å². The number of likely N-dealkylation sites (N-methyl/N-ethyl adjacent to an activating group) is 1. The molecule has 3 N–H and O–H groups in total. The molecule has 0 spiro atoms. The van der Waals surface area contributed by atoms with Gasteiger partial charge in [0.05, 0.1) is 19.7 Å². The molecule has 12 heteroatoms. The Kier molecular flexibility index (Phi) is 10.8. The van der Waals surface area contributed by atoms with Crippen LogP contribution < -0.4 is 29.7 Å². The summed E-state index contributed by atoms with van der Waals surface area (Å²) in [6, 6.07) is 10.5. The molecule has 2 aromatic carbocycles. The zero-order chi connectivity index (χ0) is 31.8. The van der Waals surface area contributed by atoms with Crippen molar-refractivity contribution in [3.8, 4) is 17.2 Å². The third-order valence-electron chi connectivity index (χ3n) is 8.10. The van der Waals surface area contributed by atoms with Crippen LogP contribution >= 0.6 is 0 Å². The van der Waals surface area contributed by atoms with Crippen LogP contribution in [-0.2, 0) is 13.0 Å². The molecule has 0 bridgehead atoms. The third kappa shape index (κ3) is 8.25. The molecule has 1 fully saturated rings. The first-order valence-electron chi connectivity index (χ1n) is 15.6. The van der Waals surface area contributed by atoms with E-state index in [0.717, 1.165) is 73.7 Å². The number of hydrogen-bond acceptors (Lipinski definition) is 11. The number of rotatable bonds is 15. The maximum absolute atomic E-state index is 6.26. The number of fused-ring (bicyclic) bond motifs is 1. The standard InChI is InChI=1S/C33H47N9O3/c1-40(2)18-19-45-28-9-7-8-27(41(3)4)25(28)22-42-16-11-23(12-17-42)37-32-24-20-29(43-5)30(44-6)21-26(24)38-33(39-32)36-13-10-31-34-14-15-35-31/h7-9,14-15,20-21,23H,10-13,16-19,22H2,1-6H3,(H,34,35)(H2,36,37,38,39). The lowest BCUT2D eigenvalue weighted by Crippen LogP contribution is -2.39. The molecule has 1 saturated heterocycles. The van der Waals surface area contributed by atoms with Gasteiger partial charge in [-0.25, -0.2) is 9.97 Å². The third-order valence-corrected chi connectivity index (χ3v) is 8.10. The summed E-state index contributed by atoms with van der Waals surface area (Å²) >= 11 is 0. The Bertz CT molecular complexity index is 1520. The highest BCUT2D eigenvalue weighted by molar-refractivity contribution is 5.92. The molecule has 0 radical (unpaired) electrons. The van der Waals surface area contributed by atoms with E-state index in [9.17, 15) is 0 Å². The van der Waals surface area contributed by atoms with Crippen LogP contribution in [0.4, 0.5) is 17.5 Å². The smallest absolute Gasteiger partial charge is 0.225 e. The maximum atomic E-state index is 6.26. The minimum atomic E-state index is 0.267. The predicted molar refractivity (Wildman–Crippen MR) is 180 cm³/mol. The molecular formula is C33H47N9O3. The maximum Gasteiger partial charge on any atom is 0.225 e. The number of benzene rings is 2. The Morgan fingerprint density at radius 2 is 1.78 bits per heavy atom. The number of nitrogens with zero attached hydrogens (tertiary/aromatic N) is 6. The molecule has 0 unspecified atom stereocenters. The normalized spacial score (nSPS) is 14.1. The molecule has 1 aliphatic rings. The average molecular weight is 618 g/mol. The molecular weight excluding hydrogens is 570 g/mol. The number of nitrogens with one attached hydrogen (secondary N) is 3. The highest BCUT2D eigenvalue weighted by Gasteiger charge is 2.24. The molecule has 2 aromatic heterocycles. The highest BCUT2D eigenvalue weighted by Crippen LogP contribution is 2.36. The van der Waals surface area contributed by atoms with Crippen molar-refractivity contribution in [2.45, 2.75) is 31.8 Å². The van der Waals surface area contributed by atoms with Crippen molar-refractivity contribution in [1.82, 2.24) is 29.7 Å². The van der Waals surface area contributed by atoms with Crippen molar-refractivity contribution >= 4 is 28.4 Å². The van der Waals surface area contributed by atoms with Gasteiger partial charge in [0.1, 0.15) is 24.0 Å². The zero-order valence-electron chi connectivity index (χ0n) is 27.4. The number of piperidine rings is 1. The molecule has 4 aromatic rings. The van der Waals surface area contributed by atoms with Crippen LogP contribution in [0, 0.1) is 0 Å². The van der Waals surface area contributed by atoms with Gasteiger partial charge < -0.3 is 39.6 Å². The lowest BCUT2D eigenvalue weighted by Gasteiger charge is -2.34. The van der Waals surface area contributed by atoms with Crippen molar-refractivity contribution < 1.29 is 14.2 Å². The fourth-order valence-electron chi connectivity index (χ4n) is 5.63. The second-order valence-corrected chi connectivity index (χ2v) is 11.8. The van der Waals surface area contributed by atoms with Crippen molar-refractivity contribution in [1.29, 1.82) is 0 Å². The number of imidazole rings is 1. The minimum Gasteiger partial charge on any atom is -0.493 e. The van der Waals surface area contributed by atoms with Crippen LogP contribution in [0.2, 0.25) is 0 Å². The first-order valence-corrected chi connectivity index (χ1v) is 15.6. The molecule has 12 nitrogen and oxygen atoms in total. The zero-order valence-corrected chi connectivity index (χ0v) is 27.4. The number of hydrogen-bond donors (Lipinski definition) is 3. The Hall–Kier alpha value is -4.29. The van der Waals surface area contributed by atoms with Crippen molar-refractivity contribution in [3.05, 3.63) is 54.1 Å². The van der Waals surface area contributed by atoms with E-state index in [4.69, 9.17) is 24.2 Å². The van der Waals surface area contributed by atoms with E-state index in [1.165, 1.54) is 11.3 Å². The topological polar surface area (TPSA) is 116 Å².